The van der Waals surface area contributed by atoms with Gasteiger partial charge in [0.1, 0.15) is 5.75 Å². The summed E-state index contributed by atoms with van der Waals surface area (Å²) < 4.78 is 7.82. The van der Waals surface area contributed by atoms with Gasteiger partial charge in [0.2, 0.25) is 5.91 Å². The van der Waals surface area contributed by atoms with Crippen molar-refractivity contribution in [3.63, 3.8) is 0 Å². The maximum atomic E-state index is 12.8. The van der Waals surface area contributed by atoms with E-state index in [4.69, 9.17) is 17.0 Å². The number of carbonyl (C=O) groups excluding carboxylic acids is 1. The lowest BCUT2D eigenvalue weighted by Gasteiger charge is -2.29. The first-order valence-corrected chi connectivity index (χ1v) is 14.8. The molecule has 0 saturated carbocycles. The second-order valence-electron chi connectivity index (χ2n) is 12.1. The van der Waals surface area contributed by atoms with Gasteiger partial charge in [-0.25, -0.2) is 4.79 Å². The number of nitrogens with one attached hydrogen (secondary N) is 2. The molecule has 1 amide bonds. The lowest BCUT2D eigenvalue weighted by atomic mass is 9.95. The number of benzene rings is 2. The van der Waals surface area contributed by atoms with Crippen molar-refractivity contribution in [3.05, 3.63) is 101 Å². The molecule has 2 aromatic heterocycles. The zero-order valence-corrected chi connectivity index (χ0v) is 26.7. The molecule has 3 N–H and O–H groups in total. The number of carboxylic acids is 1. The molecule has 0 radical (unpaired) electrons. The zero-order valence-electron chi connectivity index (χ0n) is 25.9. The van der Waals surface area contributed by atoms with Crippen LogP contribution in [0, 0.1) is 26.2 Å². The number of nitrogens with zero attached hydrogens (tertiary/aromatic N) is 3. The Labute approximate surface area is 262 Å². The summed E-state index contributed by atoms with van der Waals surface area (Å²) in [4.78, 5) is 31.3. The van der Waals surface area contributed by atoms with Crippen LogP contribution >= 0.6 is 12.2 Å². The van der Waals surface area contributed by atoms with Crippen LogP contribution in [-0.2, 0) is 4.79 Å². The maximum Gasteiger partial charge on any atom is 0.335 e. The number of rotatable bonds is 7. The lowest BCUT2D eigenvalue weighted by molar-refractivity contribution is -0.123. The second-order valence-corrected chi connectivity index (χ2v) is 12.4. The fraction of sp³-hybridized carbons (Fsp3) is 0.294. The zero-order chi connectivity index (χ0) is 31.9. The SMILES string of the molecule is COc1cc(N2C(=S)N[C@H](c3ccccn3)[C@H]2c2cc(C)n(-c3cc(C(=O)O)ccc3C)c2C)ccc1NC(=O)C(C)(C)C. The van der Waals surface area contributed by atoms with Crippen molar-refractivity contribution in [1.29, 1.82) is 0 Å². The van der Waals surface area contributed by atoms with Gasteiger partial charge in [-0.2, -0.15) is 0 Å². The van der Waals surface area contributed by atoms with Gasteiger partial charge < -0.3 is 29.9 Å². The number of amides is 1. The number of aromatic carboxylic acids is 1. The highest BCUT2D eigenvalue weighted by Gasteiger charge is 2.42. The summed E-state index contributed by atoms with van der Waals surface area (Å²) in [6, 6.07) is 18.1. The van der Waals surface area contributed by atoms with E-state index in [2.05, 4.69) is 31.2 Å². The van der Waals surface area contributed by atoms with Crippen LogP contribution in [0.4, 0.5) is 11.4 Å². The van der Waals surface area contributed by atoms with Gasteiger partial charge in [-0.3, -0.25) is 9.78 Å². The fourth-order valence-corrected chi connectivity index (χ4v) is 5.98. The quantitative estimate of drug-likeness (QED) is 0.199. The van der Waals surface area contributed by atoms with E-state index in [1.807, 2.05) is 84.0 Å². The van der Waals surface area contributed by atoms with Gasteiger partial charge in [0.15, 0.2) is 5.11 Å². The van der Waals surface area contributed by atoms with E-state index in [9.17, 15) is 14.7 Å². The van der Waals surface area contributed by atoms with Crippen LogP contribution in [0.3, 0.4) is 0 Å². The van der Waals surface area contributed by atoms with E-state index in [0.29, 0.717) is 16.5 Å². The molecule has 2 atom stereocenters. The van der Waals surface area contributed by atoms with Crippen LogP contribution in [-0.4, -0.2) is 38.8 Å². The summed E-state index contributed by atoms with van der Waals surface area (Å²) in [5, 5.41) is 16.7. The maximum absolute atomic E-state index is 12.8. The van der Waals surface area contributed by atoms with Crippen LogP contribution in [0.25, 0.3) is 5.69 Å². The average molecular weight is 612 g/mol. The van der Waals surface area contributed by atoms with Gasteiger partial charge in [0.25, 0.3) is 0 Å². The van der Waals surface area contributed by atoms with Crippen molar-refractivity contribution < 1.29 is 19.4 Å². The normalized spacial score (nSPS) is 16.5. The Bertz CT molecular complexity index is 1760. The molecule has 0 spiro atoms. The first-order chi connectivity index (χ1) is 20.8. The smallest absolute Gasteiger partial charge is 0.335 e. The van der Waals surface area contributed by atoms with Gasteiger partial charge >= 0.3 is 5.97 Å². The molecule has 0 aliphatic carbocycles. The number of hydrogen-bond acceptors (Lipinski definition) is 5. The lowest BCUT2D eigenvalue weighted by Crippen LogP contribution is -2.30. The van der Waals surface area contributed by atoms with E-state index >= 15 is 0 Å². The molecule has 1 aliphatic rings. The number of hydrogen-bond donors (Lipinski definition) is 3. The first kappa shape index (κ1) is 30.7. The molecule has 0 bridgehead atoms. The predicted octanol–water partition coefficient (Wildman–Crippen LogP) is 6.67. The summed E-state index contributed by atoms with van der Waals surface area (Å²) >= 11 is 5.96. The molecule has 9 nitrogen and oxygen atoms in total. The number of ether oxygens (including phenoxy) is 1. The number of methoxy groups -OCH3 is 1. The summed E-state index contributed by atoms with van der Waals surface area (Å²) in [5.74, 6) is -0.587. The Kier molecular flexibility index (Phi) is 8.22. The van der Waals surface area contributed by atoms with E-state index in [1.165, 1.54) is 0 Å². The van der Waals surface area contributed by atoms with Crippen LogP contribution in [0.1, 0.15) is 71.4 Å². The number of thiocarbonyl (C=S) groups is 1. The molecule has 228 valence electrons. The highest BCUT2D eigenvalue weighted by Crippen LogP contribution is 2.45. The number of carboxylic acid groups (broad SMARTS) is 1. The Balaban J connectivity index is 1.65. The Morgan fingerprint density at radius 2 is 1.80 bits per heavy atom. The van der Waals surface area contributed by atoms with Gasteiger partial charge in [-0.1, -0.05) is 32.9 Å². The number of aromatic nitrogens is 2. The highest BCUT2D eigenvalue weighted by atomic mass is 32.1. The van der Waals surface area contributed by atoms with Crippen LogP contribution < -0.4 is 20.3 Å². The molecule has 0 unspecified atom stereocenters. The summed E-state index contributed by atoms with van der Waals surface area (Å²) in [5.41, 5.74) is 6.52. The van der Waals surface area contributed by atoms with E-state index < -0.39 is 11.4 Å². The van der Waals surface area contributed by atoms with Crippen molar-refractivity contribution in [1.82, 2.24) is 14.9 Å². The molecule has 2 aromatic carbocycles. The molecule has 1 aliphatic heterocycles. The van der Waals surface area contributed by atoms with Gasteiger partial charge in [-0.05, 0) is 86.6 Å². The van der Waals surface area contributed by atoms with Gasteiger partial charge in [0, 0.05) is 40.4 Å². The molecular weight excluding hydrogens is 574 g/mol. The van der Waals surface area contributed by atoms with Crippen molar-refractivity contribution in [3.8, 4) is 11.4 Å². The fourth-order valence-electron chi connectivity index (χ4n) is 5.63. The van der Waals surface area contributed by atoms with E-state index in [-0.39, 0.29) is 23.6 Å². The molecule has 5 rings (SSSR count). The Hall–Kier alpha value is -4.70. The molecule has 1 saturated heterocycles. The third-order valence-electron chi connectivity index (χ3n) is 7.98. The molecule has 44 heavy (non-hydrogen) atoms. The molecule has 1 fully saturated rings. The van der Waals surface area contributed by atoms with Gasteiger partial charge in [-0.15, -0.1) is 0 Å². The predicted molar refractivity (Wildman–Crippen MR) is 176 cm³/mol. The number of aryl methyl sites for hydroxylation is 2. The second kappa shape index (κ2) is 11.8. The average Bonchev–Trinajstić information content (AvgIpc) is 3.48. The van der Waals surface area contributed by atoms with Crippen molar-refractivity contribution in [2.45, 2.75) is 53.6 Å². The Morgan fingerprint density at radius 3 is 2.43 bits per heavy atom. The standard InChI is InChI=1S/C34H37N5O4S/c1-19-11-12-22(31(40)41)17-27(19)38-20(2)16-24(21(38)3)30-29(26-10-8-9-15-35-26)37-33(44)39(30)23-13-14-25(28(18-23)43-7)36-32(42)34(4,5)6/h8-18,29-30H,1-7H3,(H,36,42)(H,37,44)(H,40,41)/t29-,30-/m1/s1. The first-order valence-electron chi connectivity index (χ1n) is 14.3. The summed E-state index contributed by atoms with van der Waals surface area (Å²) in [6.07, 6.45) is 1.76. The molecule has 4 aromatic rings. The van der Waals surface area contributed by atoms with Crippen molar-refractivity contribution in [2.75, 3.05) is 17.3 Å². The highest BCUT2D eigenvalue weighted by molar-refractivity contribution is 7.80. The molecule has 10 heteroatoms. The van der Waals surface area contributed by atoms with E-state index in [1.54, 1.807) is 25.4 Å². The molecular formula is C34H37N5O4S. The Morgan fingerprint density at radius 1 is 1.05 bits per heavy atom. The minimum Gasteiger partial charge on any atom is -0.494 e. The van der Waals surface area contributed by atoms with Crippen molar-refractivity contribution in [2.24, 2.45) is 5.41 Å². The van der Waals surface area contributed by atoms with Crippen LogP contribution in [0.5, 0.6) is 5.75 Å². The minimum absolute atomic E-state index is 0.121. The topological polar surface area (TPSA) is 109 Å². The van der Waals surface area contributed by atoms with Crippen LogP contribution in [0.2, 0.25) is 0 Å². The third kappa shape index (κ3) is 5.65. The largest absolute Gasteiger partial charge is 0.494 e. The van der Waals surface area contributed by atoms with Crippen LogP contribution in [0.15, 0.2) is 66.9 Å². The monoisotopic (exact) mass is 611 g/mol. The summed E-state index contributed by atoms with van der Waals surface area (Å²) in [7, 11) is 1.57. The third-order valence-corrected chi connectivity index (χ3v) is 8.29. The number of carbonyl (C=O) groups is 2. The molecule has 3 heterocycles. The van der Waals surface area contributed by atoms with Crippen molar-refractivity contribution >= 4 is 40.6 Å². The number of anilines is 2. The summed E-state index contributed by atoms with van der Waals surface area (Å²) in [6.45, 7) is 11.6. The van der Waals surface area contributed by atoms with E-state index in [0.717, 1.165) is 39.6 Å². The van der Waals surface area contributed by atoms with Gasteiger partial charge in [0.05, 0.1) is 36.1 Å². The number of pyridine rings is 1. The minimum atomic E-state index is -0.975.